The Balaban J connectivity index is 1.77. The van der Waals surface area contributed by atoms with Gasteiger partial charge in [-0.2, -0.15) is 0 Å². The van der Waals surface area contributed by atoms with Crippen molar-refractivity contribution in [1.82, 2.24) is 15.1 Å². The molecule has 1 aliphatic rings. The molecule has 0 bridgehead atoms. The second kappa shape index (κ2) is 10.7. The predicted octanol–water partition coefficient (Wildman–Crippen LogP) is 3.06. The number of nitrogens with zero attached hydrogens (tertiary/aromatic N) is 2. The summed E-state index contributed by atoms with van der Waals surface area (Å²) in [7, 11) is 0. The Hall–Kier alpha value is -1.92. The van der Waals surface area contributed by atoms with Crippen molar-refractivity contribution in [3.05, 3.63) is 29.8 Å². The van der Waals surface area contributed by atoms with Crippen molar-refractivity contribution in [3.63, 3.8) is 0 Å². The number of amides is 2. The molecule has 1 atom stereocenters. The number of carbonyl (C=O) groups excluding carboxylic acids is 2. The topological polar surface area (TPSA) is 64.7 Å². The van der Waals surface area contributed by atoms with E-state index in [9.17, 15) is 9.59 Å². The van der Waals surface area contributed by atoms with Gasteiger partial charge in [0.2, 0.25) is 11.8 Å². The lowest BCUT2D eigenvalue weighted by Gasteiger charge is -2.25. The summed E-state index contributed by atoms with van der Waals surface area (Å²) in [4.78, 5) is 29.0. The van der Waals surface area contributed by atoms with Crippen LogP contribution in [-0.4, -0.2) is 66.4 Å². The molecule has 0 aliphatic carbocycles. The van der Waals surface area contributed by atoms with Crippen LogP contribution in [0.4, 0.5) is 5.69 Å². The van der Waals surface area contributed by atoms with Gasteiger partial charge < -0.3 is 10.6 Å². The van der Waals surface area contributed by atoms with Crippen LogP contribution >= 0.6 is 0 Å². The SMILES string of the molecule is CC[C@H](C)c1ccc(NC(=O)CN2CCCN(CC(=O)NC(C)(C)C)CC2)cc1. The van der Waals surface area contributed by atoms with Crippen molar-refractivity contribution < 1.29 is 9.59 Å². The van der Waals surface area contributed by atoms with Gasteiger partial charge >= 0.3 is 0 Å². The average Bonchev–Trinajstić information content (AvgIpc) is 2.85. The molecule has 1 aromatic carbocycles. The van der Waals surface area contributed by atoms with Crippen LogP contribution < -0.4 is 10.6 Å². The van der Waals surface area contributed by atoms with Crippen LogP contribution in [0.25, 0.3) is 0 Å². The Morgan fingerprint density at radius 3 is 2.03 bits per heavy atom. The first-order valence-corrected chi connectivity index (χ1v) is 10.8. The van der Waals surface area contributed by atoms with E-state index in [-0.39, 0.29) is 17.4 Å². The summed E-state index contributed by atoms with van der Waals surface area (Å²) in [6.45, 7) is 14.5. The molecule has 2 amide bonds. The Morgan fingerprint density at radius 1 is 0.966 bits per heavy atom. The molecule has 0 unspecified atom stereocenters. The second-order valence-corrected chi connectivity index (χ2v) is 9.18. The van der Waals surface area contributed by atoms with Gasteiger partial charge in [0.25, 0.3) is 0 Å². The fourth-order valence-corrected chi connectivity index (χ4v) is 3.54. The van der Waals surface area contributed by atoms with Crippen LogP contribution in [0.3, 0.4) is 0 Å². The summed E-state index contributed by atoms with van der Waals surface area (Å²) >= 11 is 0. The van der Waals surface area contributed by atoms with E-state index in [1.165, 1.54) is 5.56 Å². The van der Waals surface area contributed by atoms with E-state index in [1.54, 1.807) is 0 Å². The minimum atomic E-state index is -0.208. The van der Waals surface area contributed by atoms with Crippen molar-refractivity contribution in [1.29, 1.82) is 0 Å². The minimum Gasteiger partial charge on any atom is -0.350 e. The van der Waals surface area contributed by atoms with E-state index in [0.29, 0.717) is 19.0 Å². The summed E-state index contributed by atoms with van der Waals surface area (Å²) in [6.07, 6.45) is 2.06. The molecule has 0 saturated carbocycles. The Bertz CT molecular complexity index is 666. The van der Waals surface area contributed by atoms with Crippen molar-refractivity contribution in [2.45, 2.75) is 58.9 Å². The highest BCUT2D eigenvalue weighted by Crippen LogP contribution is 2.20. The van der Waals surface area contributed by atoms with Crippen LogP contribution in [0.2, 0.25) is 0 Å². The smallest absolute Gasteiger partial charge is 0.238 e. The van der Waals surface area contributed by atoms with E-state index in [4.69, 9.17) is 0 Å². The largest absolute Gasteiger partial charge is 0.350 e. The zero-order valence-electron chi connectivity index (χ0n) is 18.8. The van der Waals surface area contributed by atoms with E-state index < -0.39 is 0 Å². The molecule has 2 rings (SSSR count). The Morgan fingerprint density at radius 2 is 1.52 bits per heavy atom. The first-order chi connectivity index (χ1) is 13.7. The normalized spacial score (nSPS) is 17.4. The lowest BCUT2D eigenvalue weighted by atomic mass is 9.99. The minimum absolute atomic E-state index is 0.0141. The molecule has 1 aromatic rings. The summed E-state index contributed by atoms with van der Waals surface area (Å²) in [5.74, 6) is 0.607. The Labute approximate surface area is 176 Å². The van der Waals surface area contributed by atoms with Gasteiger partial charge in [0.05, 0.1) is 13.1 Å². The molecule has 1 saturated heterocycles. The van der Waals surface area contributed by atoms with E-state index in [1.807, 2.05) is 32.9 Å². The highest BCUT2D eigenvalue weighted by Gasteiger charge is 2.20. The van der Waals surface area contributed by atoms with Crippen LogP contribution in [-0.2, 0) is 9.59 Å². The molecule has 0 spiro atoms. The molecule has 162 valence electrons. The molecular formula is C23H38N4O2. The number of hydrogen-bond donors (Lipinski definition) is 2. The maximum Gasteiger partial charge on any atom is 0.238 e. The van der Waals surface area contributed by atoms with Gasteiger partial charge in [-0.15, -0.1) is 0 Å². The number of carbonyl (C=O) groups is 2. The van der Waals surface area contributed by atoms with Gasteiger partial charge in [-0.05, 0) is 70.3 Å². The molecular weight excluding hydrogens is 364 g/mol. The van der Waals surface area contributed by atoms with Gasteiger partial charge in [0.15, 0.2) is 0 Å². The standard InChI is InChI=1S/C23H38N4O2/c1-6-18(2)19-8-10-20(11-9-19)24-21(28)16-26-12-7-13-27(15-14-26)17-22(29)25-23(3,4)5/h8-11,18H,6-7,12-17H2,1-5H3,(H,24,28)(H,25,29)/t18-/m0/s1. The third-order valence-corrected chi connectivity index (χ3v) is 5.31. The molecule has 0 aromatic heterocycles. The van der Waals surface area contributed by atoms with E-state index >= 15 is 0 Å². The first-order valence-electron chi connectivity index (χ1n) is 10.8. The third kappa shape index (κ3) is 8.54. The zero-order valence-corrected chi connectivity index (χ0v) is 18.8. The van der Waals surface area contributed by atoms with Crippen molar-refractivity contribution in [2.75, 3.05) is 44.6 Å². The van der Waals surface area contributed by atoms with Gasteiger partial charge in [0, 0.05) is 24.3 Å². The first kappa shape index (κ1) is 23.4. The van der Waals surface area contributed by atoms with Gasteiger partial charge in [-0.1, -0.05) is 26.0 Å². The molecule has 29 heavy (non-hydrogen) atoms. The molecule has 2 N–H and O–H groups in total. The number of hydrogen-bond acceptors (Lipinski definition) is 4. The van der Waals surface area contributed by atoms with Crippen LogP contribution in [0.1, 0.15) is 58.9 Å². The van der Waals surface area contributed by atoms with Crippen LogP contribution in [0.15, 0.2) is 24.3 Å². The highest BCUT2D eigenvalue weighted by molar-refractivity contribution is 5.92. The lowest BCUT2D eigenvalue weighted by molar-refractivity contribution is -0.123. The van der Waals surface area contributed by atoms with E-state index in [2.05, 4.69) is 46.4 Å². The molecule has 6 nitrogen and oxygen atoms in total. The average molecular weight is 403 g/mol. The van der Waals surface area contributed by atoms with Gasteiger partial charge in [-0.3, -0.25) is 19.4 Å². The highest BCUT2D eigenvalue weighted by atomic mass is 16.2. The summed E-state index contributed by atoms with van der Waals surface area (Å²) in [5, 5.41) is 6.02. The molecule has 1 aliphatic heterocycles. The maximum absolute atomic E-state index is 12.5. The number of rotatable bonds is 7. The lowest BCUT2D eigenvalue weighted by Crippen LogP contribution is -2.46. The predicted molar refractivity (Wildman–Crippen MR) is 119 cm³/mol. The zero-order chi connectivity index (χ0) is 21.4. The van der Waals surface area contributed by atoms with Crippen molar-refractivity contribution >= 4 is 17.5 Å². The fraction of sp³-hybridized carbons (Fsp3) is 0.652. The summed E-state index contributed by atoms with van der Waals surface area (Å²) < 4.78 is 0. The fourth-order valence-electron chi connectivity index (χ4n) is 3.54. The number of anilines is 1. The second-order valence-electron chi connectivity index (χ2n) is 9.18. The van der Waals surface area contributed by atoms with Crippen LogP contribution in [0, 0.1) is 0 Å². The van der Waals surface area contributed by atoms with Gasteiger partial charge in [-0.25, -0.2) is 0 Å². The molecule has 6 heteroatoms. The van der Waals surface area contributed by atoms with Crippen molar-refractivity contribution in [3.8, 4) is 0 Å². The quantitative estimate of drug-likeness (QED) is 0.736. The summed E-state index contributed by atoms with van der Waals surface area (Å²) in [6, 6.07) is 8.15. The molecule has 1 heterocycles. The van der Waals surface area contributed by atoms with Crippen molar-refractivity contribution in [2.24, 2.45) is 0 Å². The number of nitrogens with one attached hydrogen (secondary N) is 2. The van der Waals surface area contributed by atoms with Crippen LogP contribution in [0.5, 0.6) is 0 Å². The Kier molecular flexibility index (Phi) is 8.65. The maximum atomic E-state index is 12.5. The third-order valence-electron chi connectivity index (χ3n) is 5.31. The number of benzene rings is 1. The van der Waals surface area contributed by atoms with Gasteiger partial charge in [0.1, 0.15) is 0 Å². The van der Waals surface area contributed by atoms with E-state index in [0.717, 1.165) is 44.7 Å². The molecule has 0 radical (unpaired) electrons. The molecule has 1 fully saturated rings. The monoisotopic (exact) mass is 402 g/mol. The summed E-state index contributed by atoms with van der Waals surface area (Å²) in [5.41, 5.74) is 1.94.